The number of hydrogen-bond donors (Lipinski definition) is 3. The molecule has 44 heavy (non-hydrogen) atoms. The molecule has 0 saturated heterocycles. The minimum absolute atomic E-state index is 0.0729. The molecule has 3 amide bonds. The second-order valence-corrected chi connectivity index (χ2v) is 11.5. The van der Waals surface area contributed by atoms with Crippen molar-refractivity contribution in [3.8, 4) is 28.0 Å². The molecule has 1 atom stereocenters. The van der Waals surface area contributed by atoms with E-state index >= 15 is 0 Å². The summed E-state index contributed by atoms with van der Waals surface area (Å²) in [5.74, 6) is 0.578. The fourth-order valence-electron chi connectivity index (χ4n) is 5.91. The highest BCUT2D eigenvalue weighted by molar-refractivity contribution is 5.97. The number of rotatable bonds is 8. The SMILES string of the molecule is CC(=O)Nc1cc2c(cn1)COc1cc(NC(=O)[C@H](CC(C)C)NC(=O)OCC3c4ccccc4-c4ccccc43)ccc1-2. The molecule has 6 rings (SSSR count). The summed E-state index contributed by atoms with van der Waals surface area (Å²) in [6.45, 7) is 5.90. The zero-order chi connectivity index (χ0) is 30.8. The third-order valence-corrected chi connectivity index (χ3v) is 7.87. The summed E-state index contributed by atoms with van der Waals surface area (Å²) in [7, 11) is 0. The fourth-order valence-corrected chi connectivity index (χ4v) is 5.91. The minimum Gasteiger partial charge on any atom is -0.488 e. The molecule has 1 aliphatic heterocycles. The summed E-state index contributed by atoms with van der Waals surface area (Å²) in [5, 5.41) is 8.43. The Balaban J connectivity index is 1.13. The Morgan fingerprint density at radius 1 is 0.909 bits per heavy atom. The van der Waals surface area contributed by atoms with Gasteiger partial charge >= 0.3 is 6.09 Å². The van der Waals surface area contributed by atoms with Gasteiger partial charge in [-0.2, -0.15) is 0 Å². The summed E-state index contributed by atoms with van der Waals surface area (Å²) in [5.41, 5.74) is 7.71. The topological polar surface area (TPSA) is 119 Å². The first-order valence-corrected chi connectivity index (χ1v) is 14.7. The van der Waals surface area contributed by atoms with Crippen molar-refractivity contribution in [2.45, 2.75) is 45.8 Å². The van der Waals surface area contributed by atoms with Gasteiger partial charge in [-0.05, 0) is 58.4 Å². The molecule has 0 saturated carbocycles. The van der Waals surface area contributed by atoms with Crippen LogP contribution in [-0.4, -0.2) is 35.5 Å². The standard InChI is InChI=1S/C35H34N4O5/c1-20(2)14-31(39-35(42)44-19-30-26-10-6-4-8-24(26)25-9-5-7-11-27(25)30)34(41)38-23-12-13-28-29-16-33(37-21(3)40)36-17-22(29)18-43-32(28)15-23/h4-13,15-17,20,30-31H,14,18-19H2,1-3H3,(H,38,41)(H,39,42)(H,36,37,40)/t31-/m0/s1. The van der Waals surface area contributed by atoms with Gasteiger partial charge in [0, 0.05) is 41.9 Å². The third kappa shape index (κ3) is 5.99. The molecule has 4 aromatic rings. The molecule has 1 aliphatic carbocycles. The summed E-state index contributed by atoms with van der Waals surface area (Å²) in [6.07, 6.45) is 1.48. The molecule has 3 N–H and O–H groups in total. The van der Waals surface area contributed by atoms with Crippen molar-refractivity contribution < 1.29 is 23.9 Å². The highest BCUT2D eigenvalue weighted by atomic mass is 16.5. The Labute approximate surface area is 256 Å². The van der Waals surface area contributed by atoms with Crippen molar-refractivity contribution in [1.82, 2.24) is 10.3 Å². The zero-order valence-electron chi connectivity index (χ0n) is 24.8. The molecule has 0 radical (unpaired) electrons. The molecule has 0 unspecified atom stereocenters. The van der Waals surface area contributed by atoms with E-state index in [-0.39, 0.29) is 30.3 Å². The molecule has 0 bridgehead atoms. The van der Waals surface area contributed by atoms with Crippen molar-refractivity contribution in [3.63, 3.8) is 0 Å². The number of nitrogens with zero attached hydrogens (tertiary/aromatic N) is 1. The fraction of sp³-hybridized carbons (Fsp3) is 0.257. The number of alkyl carbamates (subject to hydrolysis) is 1. The van der Waals surface area contributed by atoms with Crippen LogP contribution in [0.15, 0.2) is 79.0 Å². The maximum Gasteiger partial charge on any atom is 0.407 e. The first kappa shape index (κ1) is 28.9. The summed E-state index contributed by atoms with van der Waals surface area (Å²) in [4.78, 5) is 42.2. The van der Waals surface area contributed by atoms with Gasteiger partial charge in [0.25, 0.3) is 0 Å². The summed E-state index contributed by atoms with van der Waals surface area (Å²) in [6, 6.07) is 22.7. The van der Waals surface area contributed by atoms with Crippen LogP contribution in [0, 0.1) is 5.92 Å². The number of ether oxygens (including phenoxy) is 2. The molecule has 0 spiro atoms. The van der Waals surface area contributed by atoms with Crippen molar-refractivity contribution in [1.29, 1.82) is 0 Å². The third-order valence-electron chi connectivity index (χ3n) is 7.87. The zero-order valence-corrected chi connectivity index (χ0v) is 24.8. The monoisotopic (exact) mass is 590 g/mol. The van der Waals surface area contributed by atoms with E-state index in [2.05, 4.69) is 45.2 Å². The Hall–Kier alpha value is -5.18. The number of carbonyl (C=O) groups is 3. The molecular weight excluding hydrogens is 556 g/mol. The summed E-state index contributed by atoms with van der Waals surface area (Å²) >= 11 is 0. The Kier molecular flexibility index (Phi) is 8.02. The van der Waals surface area contributed by atoms with Crippen LogP contribution in [0.2, 0.25) is 0 Å². The van der Waals surface area contributed by atoms with E-state index in [1.807, 2.05) is 50.2 Å². The van der Waals surface area contributed by atoms with Gasteiger partial charge in [0.05, 0.1) is 0 Å². The van der Waals surface area contributed by atoms with E-state index < -0.39 is 12.1 Å². The Morgan fingerprint density at radius 2 is 1.61 bits per heavy atom. The van der Waals surface area contributed by atoms with Gasteiger partial charge in [-0.3, -0.25) is 9.59 Å². The number of amides is 3. The lowest BCUT2D eigenvalue weighted by Crippen LogP contribution is -2.45. The summed E-state index contributed by atoms with van der Waals surface area (Å²) < 4.78 is 11.7. The number of nitrogens with one attached hydrogen (secondary N) is 3. The van der Waals surface area contributed by atoms with E-state index in [0.29, 0.717) is 30.3 Å². The predicted octanol–water partition coefficient (Wildman–Crippen LogP) is 6.49. The maximum absolute atomic E-state index is 13.4. The van der Waals surface area contributed by atoms with Gasteiger partial charge in [-0.1, -0.05) is 62.4 Å². The molecule has 9 heteroatoms. The average molecular weight is 591 g/mol. The quantitative estimate of drug-likeness (QED) is 0.216. The van der Waals surface area contributed by atoms with Gasteiger partial charge in [0.2, 0.25) is 11.8 Å². The lowest BCUT2D eigenvalue weighted by Gasteiger charge is -2.23. The molecule has 224 valence electrons. The van der Waals surface area contributed by atoms with Gasteiger partial charge in [0.1, 0.15) is 30.8 Å². The molecule has 0 fully saturated rings. The number of fused-ring (bicyclic) bond motifs is 6. The molecular formula is C35H34N4O5. The van der Waals surface area contributed by atoms with Gasteiger partial charge in [-0.25, -0.2) is 9.78 Å². The second kappa shape index (κ2) is 12.2. The van der Waals surface area contributed by atoms with Gasteiger partial charge < -0.3 is 25.4 Å². The highest BCUT2D eigenvalue weighted by Crippen LogP contribution is 2.44. The normalized spacial score (nSPS) is 13.5. The number of benzene rings is 3. The Bertz CT molecular complexity index is 1710. The lowest BCUT2D eigenvalue weighted by molar-refractivity contribution is -0.118. The van der Waals surface area contributed by atoms with Crippen molar-refractivity contribution >= 4 is 29.4 Å². The van der Waals surface area contributed by atoms with E-state index in [1.165, 1.54) is 6.92 Å². The first-order chi connectivity index (χ1) is 21.3. The molecule has 3 aromatic carbocycles. The van der Waals surface area contributed by atoms with Crippen LogP contribution in [0.25, 0.3) is 22.3 Å². The highest BCUT2D eigenvalue weighted by Gasteiger charge is 2.30. The number of aromatic nitrogens is 1. The van der Waals surface area contributed by atoms with Crippen LogP contribution in [0.3, 0.4) is 0 Å². The number of carbonyl (C=O) groups excluding carboxylic acids is 3. The van der Waals surface area contributed by atoms with Gasteiger partial charge in [-0.15, -0.1) is 0 Å². The smallest absolute Gasteiger partial charge is 0.407 e. The average Bonchev–Trinajstić information content (AvgIpc) is 3.32. The van der Waals surface area contributed by atoms with E-state index in [0.717, 1.165) is 38.9 Å². The van der Waals surface area contributed by atoms with Gasteiger partial charge in [0.15, 0.2) is 0 Å². The van der Waals surface area contributed by atoms with Crippen LogP contribution in [0.4, 0.5) is 16.3 Å². The Morgan fingerprint density at radius 3 is 2.30 bits per heavy atom. The number of hydrogen-bond acceptors (Lipinski definition) is 6. The second-order valence-electron chi connectivity index (χ2n) is 11.5. The molecule has 2 heterocycles. The van der Waals surface area contributed by atoms with E-state index in [9.17, 15) is 14.4 Å². The van der Waals surface area contributed by atoms with Crippen LogP contribution in [-0.2, 0) is 20.9 Å². The van der Waals surface area contributed by atoms with Crippen molar-refractivity contribution in [2.24, 2.45) is 5.92 Å². The van der Waals surface area contributed by atoms with Crippen LogP contribution in [0.5, 0.6) is 5.75 Å². The van der Waals surface area contributed by atoms with Crippen LogP contribution >= 0.6 is 0 Å². The van der Waals surface area contributed by atoms with Crippen molar-refractivity contribution in [2.75, 3.05) is 17.2 Å². The molecule has 9 nitrogen and oxygen atoms in total. The predicted molar refractivity (Wildman–Crippen MR) is 168 cm³/mol. The van der Waals surface area contributed by atoms with Crippen LogP contribution in [0.1, 0.15) is 49.8 Å². The molecule has 2 aliphatic rings. The van der Waals surface area contributed by atoms with E-state index in [1.54, 1.807) is 18.3 Å². The molecule has 1 aromatic heterocycles. The van der Waals surface area contributed by atoms with Crippen LogP contribution < -0.4 is 20.7 Å². The maximum atomic E-state index is 13.4. The first-order valence-electron chi connectivity index (χ1n) is 14.7. The number of anilines is 2. The minimum atomic E-state index is -0.797. The largest absolute Gasteiger partial charge is 0.488 e. The lowest BCUT2D eigenvalue weighted by atomic mass is 9.98. The van der Waals surface area contributed by atoms with E-state index in [4.69, 9.17) is 9.47 Å². The van der Waals surface area contributed by atoms with Crippen molar-refractivity contribution in [3.05, 3.63) is 95.7 Å². The number of pyridine rings is 1.